The van der Waals surface area contributed by atoms with Gasteiger partial charge < -0.3 is 14.8 Å². The number of ether oxygens (including phenoxy) is 2. The highest BCUT2D eigenvalue weighted by Gasteiger charge is 2.24. The number of amides is 1. The molecule has 1 heterocycles. The summed E-state index contributed by atoms with van der Waals surface area (Å²) in [6.45, 7) is 3.31. The summed E-state index contributed by atoms with van der Waals surface area (Å²) in [5, 5.41) is 3.07. The van der Waals surface area contributed by atoms with E-state index in [2.05, 4.69) is 10.2 Å². The smallest absolute Gasteiger partial charge is 0.252 e. The van der Waals surface area contributed by atoms with Crippen molar-refractivity contribution in [3.8, 4) is 5.75 Å². The van der Waals surface area contributed by atoms with E-state index in [0.717, 1.165) is 24.4 Å². The van der Waals surface area contributed by atoms with E-state index in [9.17, 15) is 9.59 Å². The second kappa shape index (κ2) is 10.9. The third-order valence-corrected chi connectivity index (χ3v) is 5.90. The number of rotatable bonds is 8. The zero-order chi connectivity index (χ0) is 23.0. The van der Waals surface area contributed by atoms with Crippen molar-refractivity contribution in [2.24, 2.45) is 0 Å². The number of hydrogen-bond donors (Lipinski definition) is 1. The zero-order valence-corrected chi connectivity index (χ0v) is 18.7. The summed E-state index contributed by atoms with van der Waals surface area (Å²) in [6.07, 6.45) is 0. The molecule has 1 saturated heterocycles. The number of ketones is 1. The maximum Gasteiger partial charge on any atom is 0.252 e. The molecule has 1 amide bonds. The fourth-order valence-electron chi connectivity index (χ4n) is 4.08. The van der Waals surface area contributed by atoms with Crippen molar-refractivity contribution in [3.63, 3.8) is 0 Å². The molecule has 0 aliphatic carbocycles. The number of nitrogens with one attached hydrogen (secondary N) is 1. The summed E-state index contributed by atoms with van der Waals surface area (Å²) in [7, 11) is 1.64. The van der Waals surface area contributed by atoms with Crippen molar-refractivity contribution >= 4 is 11.7 Å². The Morgan fingerprint density at radius 2 is 1.55 bits per heavy atom. The summed E-state index contributed by atoms with van der Waals surface area (Å²) < 4.78 is 10.8. The molecule has 170 valence electrons. The van der Waals surface area contributed by atoms with Crippen LogP contribution in [0.1, 0.15) is 37.9 Å². The largest absolute Gasteiger partial charge is 0.497 e. The van der Waals surface area contributed by atoms with Gasteiger partial charge in [0.1, 0.15) is 5.75 Å². The molecular formula is C27H28N2O4. The highest BCUT2D eigenvalue weighted by molar-refractivity contribution is 6.15. The van der Waals surface area contributed by atoms with Crippen molar-refractivity contribution in [1.29, 1.82) is 0 Å². The first-order chi connectivity index (χ1) is 16.2. The van der Waals surface area contributed by atoms with E-state index in [1.54, 1.807) is 43.5 Å². The molecule has 0 spiro atoms. The Morgan fingerprint density at radius 3 is 2.21 bits per heavy atom. The van der Waals surface area contributed by atoms with Gasteiger partial charge in [0.25, 0.3) is 5.91 Å². The normalized spacial score (nSPS) is 14.9. The molecule has 1 aliphatic heterocycles. The Balaban J connectivity index is 1.53. The van der Waals surface area contributed by atoms with E-state index >= 15 is 0 Å². The van der Waals surface area contributed by atoms with Gasteiger partial charge in [-0.05, 0) is 23.8 Å². The number of morpholine rings is 1. The van der Waals surface area contributed by atoms with Crippen molar-refractivity contribution in [1.82, 2.24) is 10.2 Å². The maximum atomic E-state index is 13.2. The van der Waals surface area contributed by atoms with Gasteiger partial charge in [-0.25, -0.2) is 0 Å². The Kier molecular flexibility index (Phi) is 7.50. The molecule has 0 radical (unpaired) electrons. The van der Waals surface area contributed by atoms with Gasteiger partial charge in [0, 0.05) is 30.8 Å². The predicted octanol–water partition coefficient (Wildman–Crippen LogP) is 3.73. The van der Waals surface area contributed by atoms with Gasteiger partial charge >= 0.3 is 0 Å². The Labute approximate surface area is 194 Å². The first kappa shape index (κ1) is 22.7. The Hall–Kier alpha value is -3.48. The predicted molar refractivity (Wildman–Crippen MR) is 127 cm³/mol. The van der Waals surface area contributed by atoms with E-state index < -0.39 is 0 Å². The summed E-state index contributed by atoms with van der Waals surface area (Å²) >= 11 is 0. The molecule has 0 unspecified atom stereocenters. The van der Waals surface area contributed by atoms with Crippen LogP contribution in [0.3, 0.4) is 0 Å². The molecule has 4 rings (SSSR count). The van der Waals surface area contributed by atoms with Crippen LogP contribution in [0.4, 0.5) is 0 Å². The van der Waals surface area contributed by atoms with Gasteiger partial charge in [0.15, 0.2) is 5.78 Å². The molecule has 1 fully saturated rings. The molecule has 1 N–H and O–H groups in total. The number of hydrogen-bond acceptors (Lipinski definition) is 5. The molecule has 0 aromatic heterocycles. The molecular weight excluding hydrogens is 416 g/mol. The SMILES string of the molecule is COc1ccc([C@H](CNC(=O)c2ccccc2C(=O)c2ccccc2)N2CCOCC2)cc1. The van der Waals surface area contributed by atoms with Gasteiger partial charge in [-0.15, -0.1) is 0 Å². The standard InChI is InChI=1S/C27H28N2O4/c1-32-22-13-11-20(12-14-22)25(29-15-17-33-18-16-29)19-28-27(31)24-10-6-5-9-23(24)26(30)21-7-3-2-4-8-21/h2-14,25H,15-19H2,1H3,(H,28,31)/t25-/m0/s1. The van der Waals surface area contributed by atoms with Crippen molar-refractivity contribution in [3.05, 3.63) is 101 Å². The number of carbonyl (C=O) groups is 2. The zero-order valence-electron chi connectivity index (χ0n) is 18.7. The van der Waals surface area contributed by atoms with Crippen LogP contribution in [0.2, 0.25) is 0 Å². The molecule has 3 aromatic carbocycles. The van der Waals surface area contributed by atoms with Crippen molar-refractivity contribution < 1.29 is 19.1 Å². The summed E-state index contributed by atoms with van der Waals surface area (Å²) in [4.78, 5) is 28.5. The minimum atomic E-state index is -0.262. The fraction of sp³-hybridized carbons (Fsp3) is 0.259. The maximum absolute atomic E-state index is 13.2. The van der Waals surface area contributed by atoms with Crippen LogP contribution in [0, 0.1) is 0 Å². The second-order valence-corrected chi connectivity index (χ2v) is 7.89. The highest BCUT2D eigenvalue weighted by Crippen LogP contribution is 2.24. The molecule has 0 bridgehead atoms. The second-order valence-electron chi connectivity index (χ2n) is 7.89. The average Bonchev–Trinajstić information content (AvgIpc) is 2.89. The van der Waals surface area contributed by atoms with Crippen LogP contribution in [0.5, 0.6) is 5.75 Å². The van der Waals surface area contributed by atoms with Crippen LogP contribution in [-0.2, 0) is 4.74 Å². The minimum Gasteiger partial charge on any atom is -0.497 e. The topological polar surface area (TPSA) is 67.9 Å². The monoisotopic (exact) mass is 444 g/mol. The molecule has 33 heavy (non-hydrogen) atoms. The number of benzene rings is 3. The van der Waals surface area contributed by atoms with Gasteiger partial charge in [0.05, 0.1) is 31.9 Å². The van der Waals surface area contributed by atoms with E-state index in [1.807, 2.05) is 42.5 Å². The van der Waals surface area contributed by atoms with Crippen molar-refractivity contribution in [2.45, 2.75) is 6.04 Å². The first-order valence-corrected chi connectivity index (χ1v) is 11.1. The van der Waals surface area contributed by atoms with E-state index in [1.165, 1.54) is 0 Å². The molecule has 1 atom stereocenters. The third kappa shape index (κ3) is 5.48. The van der Waals surface area contributed by atoms with Gasteiger partial charge in [-0.3, -0.25) is 14.5 Å². The lowest BCUT2D eigenvalue weighted by molar-refractivity contribution is 0.0162. The minimum absolute atomic E-state index is 0.0132. The lowest BCUT2D eigenvalue weighted by Crippen LogP contribution is -2.44. The quantitative estimate of drug-likeness (QED) is 0.537. The van der Waals surface area contributed by atoms with E-state index in [4.69, 9.17) is 9.47 Å². The fourth-order valence-corrected chi connectivity index (χ4v) is 4.08. The van der Waals surface area contributed by atoms with E-state index in [-0.39, 0.29) is 17.7 Å². The number of nitrogens with zero attached hydrogens (tertiary/aromatic N) is 1. The molecule has 3 aromatic rings. The lowest BCUT2D eigenvalue weighted by atomic mass is 9.97. The van der Waals surface area contributed by atoms with Crippen LogP contribution < -0.4 is 10.1 Å². The average molecular weight is 445 g/mol. The Bertz CT molecular complexity index is 1080. The summed E-state index contributed by atoms with van der Waals surface area (Å²) in [6, 6.07) is 23.9. The molecule has 1 aliphatic rings. The summed E-state index contributed by atoms with van der Waals surface area (Å²) in [5.74, 6) is 0.361. The van der Waals surface area contributed by atoms with Crippen LogP contribution in [-0.4, -0.2) is 56.5 Å². The van der Waals surface area contributed by atoms with Crippen LogP contribution >= 0.6 is 0 Å². The molecule has 0 saturated carbocycles. The number of methoxy groups -OCH3 is 1. The van der Waals surface area contributed by atoms with Crippen molar-refractivity contribution in [2.75, 3.05) is 40.0 Å². The highest BCUT2D eigenvalue weighted by atomic mass is 16.5. The Morgan fingerprint density at radius 1 is 0.909 bits per heavy atom. The first-order valence-electron chi connectivity index (χ1n) is 11.1. The van der Waals surface area contributed by atoms with Gasteiger partial charge in [-0.1, -0.05) is 60.7 Å². The lowest BCUT2D eigenvalue weighted by Gasteiger charge is -2.35. The molecule has 6 heteroatoms. The van der Waals surface area contributed by atoms with E-state index in [0.29, 0.717) is 36.4 Å². The number of carbonyl (C=O) groups excluding carboxylic acids is 2. The molecule has 6 nitrogen and oxygen atoms in total. The van der Waals surface area contributed by atoms with Gasteiger partial charge in [-0.2, -0.15) is 0 Å². The van der Waals surface area contributed by atoms with Gasteiger partial charge in [0.2, 0.25) is 0 Å². The third-order valence-electron chi connectivity index (χ3n) is 5.90. The summed E-state index contributed by atoms with van der Waals surface area (Å²) in [5.41, 5.74) is 2.42. The van der Waals surface area contributed by atoms with Crippen LogP contribution in [0.25, 0.3) is 0 Å². The van der Waals surface area contributed by atoms with Crippen LogP contribution in [0.15, 0.2) is 78.9 Å².